The smallest absolute Gasteiger partial charge is 0.293 e. The maximum absolute atomic E-state index is 10.2. The molecule has 1 aliphatic carbocycles. The highest BCUT2D eigenvalue weighted by molar-refractivity contribution is 5.37. The third-order valence-corrected chi connectivity index (χ3v) is 3.23. The van der Waals surface area contributed by atoms with Crippen LogP contribution in [0, 0.1) is 5.92 Å². The minimum Gasteiger partial charge on any atom is -0.464 e. The molecule has 12 heavy (non-hydrogen) atoms. The number of likely N-dealkylation sites (tertiary alicyclic amines) is 1. The number of carbonyl (C=O) groups is 1. The van der Waals surface area contributed by atoms with Crippen molar-refractivity contribution in [3.8, 4) is 0 Å². The summed E-state index contributed by atoms with van der Waals surface area (Å²) in [6.07, 6.45) is 2.50. The van der Waals surface area contributed by atoms with Crippen LogP contribution in [0.25, 0.3) is 0 Å². The van der Waals surface area contributed by atoms with Crippen molar-refractivity contribution in [3.63, 3.8) is 0 Å². The Kier molecular flexibility index (Phi) is 2.05. The third kappa shape index (κ3) is 1.12. The molecule has 0 aromatic heterocycles. The monoisotopic (exact) mass is 169 g/mol. The second kappa shape index (κ2) is 3.05. The van der Waals surface area contributed by atoms with Gasteiger partial charge in [-0.2, -0.15) is 0 Å². The highest BCUT2D eigenvalue weighted by Crippen LogP contribution is 2.38. The van der Waals surface area contributed by atoms with E-state index in [-0.39, 0.29) is 6.10 Å². The summed E-state index contributed by atoms with van der Waals surface area (Å²) < 4.78 is 5.02. The molecule has 0 aromatic carbocycles. The van der Waals surface area contributed by atoms with Crippen LogP contribution in [0.3, 0.4) is 0 Å². The second-order valence-electron chi connectivity index (χ2n) is 3.74. The fraction of sp³-hybridized carbons (Fsp3) is 0.889. The Morgan fingerprint density at radius 2 is 2.42 bits per heavy atom. The number of rotatable bonds is 3. The Bertz CT molecular complexity index is 183. The van der Waals surface area contributed by atoms with Gasteiger partial charge in [0.15, 0.2) is 0 Å². The van der Waals surface area contributed by atoms with Crippen LogP contribution in [-0.4, -0.2) is 36.6 Å². The molecule has 3 nitrogen and oxygen atoms in total. The zero-order chi connectivity index (χ0) is 8.55. The molecule has 68 valence electrons. The van der Waals surface area contributed by atoms with E-state index in [9.17, 15) is 4.79 Å². The number of hydrogen-bond acceptors (Lipinski definition) is 3. The van der Waals surface area contributed by atoms with Gasteiger partial charge < -0.3 is 9.64 Å². The Labute approximate surface area is 72.7 Å². The molecule has 0 spiro atoms. The minimum atomic E-state index is 0.218. The molecule has 0 amide bonds. The van der Waals surface area contributed by atoms with Crippen LogP contribution >= 0.6 is 0 Å². The predicted molar refractivity (Wildman–Crippen MR) is 44.7 cm³/mol. The molecule has 1 aliphatic heterocycles. The Hall–Kier alpha value is -0.570. The van der Waals surface area contributed by atoms with Gasteiger partial charge in [0.1, 0.15) is 6.10 Å². The lowest BCUT2D eigenvalue weighted by Crippen LogP contribution is -2.38. The lowest BCUT2D eigenvalue weighted by molar-refractivity contribution is -0.136. The molecule has 1 heterocycles. The zero-order valence-electron chi connectivity index (χ0n) is 7.40. The molecular weight excluding hydrogens is 154 g/mol. The third-order valence-electron chi connectivity index (χ3n) is 3.23. The van der Waals surface area contributed by atoms with Crippen LogP contribution in [0.1, 0.15) is 19.8 Å². The number of nitrogens with zero attached hydrogens (tertiary/aromatic N) is 1. The standard InChI is InChI=1S/C9H15NO2/c1-2-10-5-7-3-8(10)4-9(7)12-6-11/h6-9H,2-5H2,1H3. The van der Waals surface area contributed by atoms with E-state index in [1.54, 1.807) is 0 Å². The molecule has 2 fully saturated rings. The van der Waals surface area contributed by atoms with Crippen molar-refractivity contribution < 1.29 is 9.53 Å². The molecule has 1 saturated heterocycles. The van der Waals surface area contributed by atoms with Gasteiger partial charge in [-0.1, -0.05) is 6.92 Å². The predicted octanol–water partition coefficient (Wildman–Crippen LogP) is 0.642. The minimum absolute atomic E-state index is 0.218. The summed E-state index contributed by atoms with van der Waals surface area (Å²) in [5.41, 5.74) is 0. The van der Waals surface area contributed by atoms with E-state index in [1.807, 2.05) is 0 Å². The van der Waals surface area contributed by atoms with E-state index < -0.39 is 0 Å². The van der Waals surface area contributed by atoms with Gasteiger partial charge in [-0.05, 0) is 13.0 Å². The summed E-state index contributed by atoms with van der Waals surface area (Å²) in [5.74, 6) is 0.611. The second-order valence-corrected chi connectivity index (χ2v) is 3.74. The van der Waals surface area contributed by atoms with E-state index in [2.05, 4.69) is 11.8 Å². The van der Waals surface area contributed by atoms with Crippen LogP contribution < -0.4 is 0 Å². The zero-order valence-corrected chi connectivity index (χ0v) is 7.40. The molecule has 1 saturated carbocycles. The molecule has 3 unspecified atom stereocenters. The fourth-order valence-electron chi connectivity index (χ4n) is 2.62. The Morgan fingerprint density at radius 1 is 1.58 bits per heavy atom. The molecule has 0 radical (unpaired) electrons. The summed E-state index contributed by atoms with van der Waals surface area (Å²) in [5, 5.41) is 0. The number of carbonyl (C=O) groups excluding carboxylic acids is 1. The normalized spacial score (nSPS) is 40.2. The van der Waals surface area contributed by atoms with E-state index in [0.29, 0.717) is 18.4 Å². The lowest BCUT2D eigenvalue weighted by Gasteiger charge is -2.29. The average molecular weight is 169 g/mol. The number of ether oxygens (including phenoxy) is 1. The molecule has 3 heteroatoms. The quantitative estimate of drug-likeness (QED) is 0.581. The van der Waals surface area contributed by atoms with Crippen LogP contribution in [0.4, 0.5) is 0 Å². The molecular formula is C9H15NO2. The van der Waals surface area contributed by atoms with Gasteiger partial charge in [0, 0.05) is 24.9 Å². The van der Waals surface area contributed by atoms with Crippen LogP contribution in [0.15, 0.2) is 0 Å². The fourth-order valence-corrected chi connectivity index (χ4v) is 2.62. The van der Waals surface area contributed by atoms with Gasteiger partial charge >= 0.3 is 0 Å². The summed E-state index contributed by atoms with van der Waals surface area (Å²) >= 11 is 0. The number of hydrogen-bond donors (Lipinski definition) is 0. The van der Waals surface area contributed by atoms with Gasteiger partial charge in [0.25, 0.3) is 6.47 Å². The van der Waals surface area contributed by atoms with E-state index in [4.69, 9.17) is 4.74 Å². The topological polar surface area (TPSA) is 29.5 Å². The molecule has 2 rings (SSSR count). The van der Waals surface area contributed by atoms with Crippen molar-refractivity contribution in [2.45, 2.75) is 31.9 Å². The first-order valence-electron chi connectivity index (χ1n) is 4.68. The first-order valence-corrected chi connectivity index (χ1v) is 4.68. The van der Waals surface area contributed by atoms with Crippen LogP contribution in [0.5, 0.6) is 0 Å². The summed E-state index contributed by atoms with van der Waals surface area (Å²) in [6, 6.07) is 0.685. The van der Waals surface area contributed by atoms with E-state index in [0.717, 1.165) is 19.5 Å². The first-order chi connectivity index (χ1) is 5.85. The SMILES string of the molecule is CCN1CC2CC1CC2OC=O. The van der Waals surface area contributed by atoms with Crippen molar-refractivity contribution in [1.82, 2.24) is 4.90 Å². The van der Waals surface area contributed by atoms with Crippen LogP contribution in [-0.2, 0) is 9.53 Å². The van der Waals surface area contributed by atoms with Gasteiger partial charge in [-0.15, -0.1) is 0 Å². The van der Waals surface area contributed by atoms with E-state index >= 15 is 0 Å². The molecule has 0 N–H and O–H groups in total. The highest BCUT2D eigenvalue weighted by atomic mass is 16.5. The van der Waals surface area contributed by atoms with Crippen molar-refractivity contribution in [3.05, 3.63) is 0 Å². The number of fused-ring (bicyclic) bond motifs is 2. The lowest BCUT2D eigenvalue weighted by atomic mass is 10.1. The maximum atomic E-state index is 10.2. The maximum Gasteiger partial charge on any atom is 0.293 e. The van der Waals surface area contributed by atoms with Crippen molar-refractivity contribution in [2.24, 2.45) is 5.92 Å². The van der Waals surface area contributed by atoms with Gasteiger partial charge in [-0.25, -0.2) is 0 Å². The van der Waals surface area contributed by atoms with Crippen molar-refractivity contribution >= 4 is 6.47 Å². The van der Waals surface area contributed by atoms with Gasteiger partial charge in [-0.3, -0.25) is 4.79 Å². The average Bonchev–Trinajstić information content (AvgIpc) is 2.62. The largest absolute Gasteiger partial charge is 0.464 e. The first kappa shape index (κ1) is 8.05. The summed E-state index contributed by atoms with van der Waals surface area (Å²) in [4.78, 5) is 12.6. The number of piperidine rings is 1. The Balaban J connectivity index is 1.93. The van der Waals surface area contributed by atoms with Gasteiger partial charge in [0.2, 0.25) is 0 Å². The van der Waals surface area contributed by atoms with Crippen LogP contribution in [0.2, 0.25) is 0 Å². The molecule has 0 aromatic rings. The molecule has 3 atom stereocenters. The molecule has 2 bridgehead atoms. The van der Waals surface area contributed by atoms with Crippen molar-refractivity contribution in [2.75, 3.05) is 13.1 Å². The highest BCUT2D eigenvalue weighted by Gasteiger charge is 2.44. The van der Waals surface area contributed by atoms with Crippen molar-refractivity contribution in [1.29, 1.82) is 0 Å². The summed E-state index contributed by atoms with van der Waals surface area (Å²) in [7, 11) is 0. The van der Waals surface area contributed by atoms with E-state index in [1.165, 1.54) is 6.42 Å². The summed E-state index contributed by atoms with van der Waals surface area (Å²) in [6.45, 7) is 5.05. The van der Waals surface area contributed by atoms with Gasteiger partial charge in [0.05, 0.1) is 0 Å². The molecule has 2 aliphatic rings. The Morgan fingerprint density at radius 3 is 2.92 bits per heavy atom.